The predicted molar refractivity (Wildman–Crippen MR) is 95.7 cm³/mol. The number of anilines is 1. The van der Waals surface area contributed by atoms with Crippen LogP contribution in [0.2, 0.25) is 0 Å². The summed E-state index contributed by atoms with van der Waals surface area (Å²) in [5, 5.41) is 0. The van der Waals surface area contributed by atoms with Crippen molar-refractivity contribution in [1.29, 1.82) is 0 Å². The number of rotatable bonds is 1. The minimum atomic E-state index is -0.268. The van der Waals surface area contributed by atoms with Gasteiger partial charge in [-0.3, -0.25) is 0 Å². The highest BCUT2D eigenvalue weighted by Gasteiger charge is 2.45. The lowest BCUT2D eigenvalue weighted by Crippen LogP contribution is -2.45. The molecule has 2 heterocycles. The van der Waals surface area contributed by atoms with Crippen molar-refractivity contribution in [3.63, 3.8) is 0 Å². The Morgan fingerprint density at radius 2 is 1.62 bits per heavy atom. The van der Waals surface area contributed by atoms with E-state index in [2.05, 4.69) is 24.0 Å². The first-order valence-corrected chi connectivity index (χ1v) is 9.87. The Balaban J connectivity index is 1.48. The molecular weight excluding hydrogens is 298 g/mol. The van der Waals surface area contributed by atoms with E-state index < -0.39 is 0 Å². The molecule has 3 heteroatoms. The molecule has 0 unspecified atom stereocenters. The number of hydrogen-bond acceptors (Lipinski definition) is 3. The van der Waals surface area contributed by atoms with E-state index in [4.69, 9.17) is 9.47 Å². The Morgan fingerprint density at radius 1 is 0.917 bits per heavy atom. The molecule has 1 saturated carbocycles. The summed E-state index contributed by atoms with van der Waals surface area (Å²) in [7, 11) is 0. The lowest BCUT2D eigenvalue weighted by atomic mass is 9.78. The van der Waals surface area contributed by atoms with Gasteiger partial charge in [0, 0.05) is 31.6 Å². The van der Waals surface area contributed by atoms with Crippen LogP contribution in [-0.4, -0.2) is 32.1 Å². The second-order valence-corrected chi connectivity index (χ2v) is 8.34. The maximum absolute atomic E-state index is 5.92. The highest BCUT2D eigenvalue weighted by molar-refractivity contribution is 5.64. The van der Waals surface area contributed by atoms with Crippen molar-refractivity contribution in [3.05, 3.63) is 28.8 Å². The summed E-state index contributed by atoms with van der Waals surface area (Å²) in [4.78, 5) is 2.62. The van der Waals surface area contributed by atoms with Gasteiger partial charge < -0.3 is 14.4 Å². The van der Waals surface area contributed by atoms with Gasteiger partial charge >= 0.3 is 0 Å². The van der Waals surface area contributed by atoms with Crippen LogP contribution in [0.15, 0.2) is 12.1 Å². The molecule has 130 valence electrons. The van der Waals surface area contributed by atoms with Crippen LogP contribution in [0, 0.1) is 6.92 Å². The van der Waals surface area contributed by atoms with Gasteiger partial charge in [0.1, 0.15) is 0 Å². The van der Waals surface area contributed by atoms with E-state index in [1.165, 1.54) is 49.8 Å². The Labute approximate surface area is 145 Å². The third-order valence-corrected chi connectivity index (χ3v) is 7.15. The number of ether oxygens (including phenoxy) is 2. The Morgan fingerprint density at radius 3 is 2.33 bits per heavy atom. The molecule has 1 aromatic carbocycles. The molecule has 1 aromatic rings. The molecule has 0 aromatic heterocycles. The number of piperidine rings is 1. The fraction of sp³-hybridized carbons (Fsp3) is 0.714. The van der Waals surface area contributed by atoms with Crippen LogP contribution >= 0.6 is 0 Å². The number of aryl methyl sites for hydroxylation is 1. The molecular formula is C21H29NO2. The predicted octanol–water partition coefficient (Wildman–Crippen LogP) is 4.10. The van der Waals surface area contributed by atoms with Gasteiger partial charge in [0.05, 0.1) is 13.2 Å². The van der Waals surface area contributed by atoms with Gasteiger partial charge in [-0.25, -0.2) is 0 Å². The van der Waals surface area contributed by atoms with E-state index in [1.54, 1.807) is 11.1 Å². The molecule has 0 bridgehead atoms. The fourth-order valence-corrected chi connectivity index (χ4v) is 5.83. The standard InChI is InChI=1S/C21H29NO2/c1-16-4-5-18(19-17(16)6-9-20(19)7-2-3-8-20)22-12-10-21(11-13-22)23-14-15-24-21/h4-5H,2-3,6-15H2,1H3. The molecule has 24 heavy (non-hydrogen) atoms. The zero-order valence-electron chi connectivity index (χ0n) is 14.9. The summed E-state index contributed by atoms with van der Waals surface area (Å²) < 4.78 is 11.8. The molecule has 2 aliphatic carbocycles. The molecule has 3 nitrogen and oxygen atoms in total. The normalized spacial score (nSPS) is 27.3. The zero-order valence-corrected chi connectivity index (χ0v) is 14.9. The zero-order chi connectivity index (χ0) is 16.2. The molecule has 5 rings (SSSR count). The van der Waals surface area contributed by atoms with Crippen molar-refractivity contribution in [2.24, 2.45) is 0 Å². The van der Waals surface area contributed by atoms with Gasteiger partial charge in [0.15, 0.2) is 5.79 Å². The number of nitrogens with zero attached hydrogens (tertiary/aromatic N) is 1. The maximum Gasteiger partial charge on any atom is 0.171 e. The first-order chi connectivity index (χ1) is 11.7. The Kier molecular flexibility index (Phi) is 3.47. The summed E-state index contributed by atoms with van der Waals surface area (Å²) >= 11 is 0. The van der Waals surface area contributed by atoms with E-state index in [9.17, 15) is 0 Å². The minimum Gasteiger partial charge on any atom is -0.371 e. The van der Waals surface area contributed by atoms with Gasteiger partial charge in [0.25, 0.3) is 0 Å². The smallest absolute Gasteiger partial charge is 0.171 e. The van der Waals surface area contributed by atoms with Gasteiger partial charge in [-0.05, 0) is 60.8 Å². The van der Waals surface area contributed by atoms with Crippen LogP contribution in [0.5, 0.6) is 0 Å². The van der Waals surface area contributed by atoms with Crippen molar-refractivity contribution >= 4 is 5.69 Å². The monoisotopic (exact) mass is 327 g/mol. The SMILES string of the molecule is Cc1ccc(N2CCC3(CC2)OCCO3)c2c1CCC21CCCC1. The molecule has 2 aliphatic heterocycles. The second-order valence-electron chi connectivity index (χ2n) is 8.34. The van der Waals surface area contributed by atoms with Crippen molar-refractivity contribution in [1.82, 2.24) is 0 Å². The Bertz CT molecular complexity index is 631. The van der Waals surface area contributed by atoms with Crippen molar-refractivity contribution in [2.45, 2.75) is 69.5 Å². The van der Waals surface area contributed by atoms with Crippen LogP contribution in [0.3, 0.4) is 0 Å². The van der Waals surface area contributed by atoms with Gasteiger partial charge in [-0.15, -0.1) is 0 Å². The van der Waals surface area contributed by atoms with Gasteiger partial charge in [-0.1, -0.05) is 18.9 Å². The lowest BCUT2D eigenvalue weighted by molar-refractivity contribution is -0.169. The third-order valence-electron chi connectivity index (χ3n) is 7.15. The fourth-order valence-electron chi connectivity index (χ4n) is 5.83. The van der Waals surface area contributed by atoms with E-state index in [0.717, 1.165) is 39.1 Å². The topological polar surface area (TPSA) is 21.7 Å². The number of hydrogen-bond donors (Lipinski definition) is 0. The summed E-state index contributed by atoms with van der Waals surface area (Å²) in [6.07, 6.45) is 10.3. The highest BCUT2D eigenvalue weighted by atomic mass is 16.7. The van der Waals surface area contributed by atoms with Crippen LogP contribution in [-0.2, 0) is 21.3 Å². The van der Waals surface area contributed by atoms with Gasteiger partial charge in [-0.2, -0.15) is 0 Å². The highest BCUT2D eigenvalue weighted by Crippen LogP contribution is 2.54. The molecule has 0 atom stereocenters. The van der Waals surface area contributed by atoms with Crippen molar-refractivity contribution in [3.8, 4) is 0 Å². The van der Waals surface area contributed by atoms with Crippen molar-refractivity contribution < 1.29 is 9.47 Å². The lowest BCUT2D eigenvalue weighted by Gasteiger charge is -2.41. The van der Waals surface area contributed by atoms with Crippen LogP contribution in [0.4, 0.5) is 5.69 Å². The summed E-state index contributed by atoms with van der Waals surface area (Å²) in [5.41, 5.74) is 6.93. The summed E-state index contributed by atoms with van der Waals surface area (Å²) in [6, 6.07) is 4.77. The van der Waals surface area contributed by atoms with Gasteiger partial charge in [0.2, 0.25) is 0 Å². The maximum atomic E-state index is 5.92. The molecule has 4 aliphatic rings. The molecule has 2 spiro atoms. The van der Waals surface area contributed by atoms with E-state index in [-0.39, 0.29) is 5.79 Å². The minimum absolute atomic E-state index is 0.268. The average Bonchev–Trinajstić information content (AvgIpc) is 3.33. The second kappa shape index (κ2) is 5.47. The molecule has 0 amide bonds. The number of fused-ring (bicyclic) bond motifs is 2. The van der Waals surface area contributed by atoms with E-state index in [1.807, 2.05) is 0 Å². The molecule has 0 radical (unpaired) electrons. The van der Waals surface area contributed by atoms with Crippen molar-refractivity contribution in [2.75, 3.05) is 31.2 Å². The van der Waals surface area contributed by atoms with Crippen LogP contribution < -0.4 is 4.90 Å². The number of benzene rings is 1. The van der Waals surface area contributed by atoms with E-state index >= 15 is 0 Å². The first kappa shape index (κ1) is 15.2. The molecule has 0 N–H and O–H groups in total. The Hall–Kier alpha value is -1.06. The quantitative estimate of drug-likeness (QED) is 0.775. The molecule has 2 saturated heterocycles. The largest absolute Gasteiger partial charge is 0.371 e. The third kappa shape index (κ3) is 2.17. The van der Waals surface area contributed by atoms with Crippen LogP contribution in [0.1, 0.15) is 61.6 Å². The average molecular weight is 327 g/mol. The summed E-state index contributed by atoms with van der Waals surface area (Å²) in [5.74, 6) is -0.268. The first-order valence-electron chi connectivity index (χ1n) is 9.87. The van der Waals surface area contributed by atoms with E-state index in [0.29, 0.717) is 5.41 Å². The summed E-state index contributed by atoms with van der Waals surface area (Å²) in [6.45, 7) is 5.96. The molecule has 3 fully saturated rings. The van der Waals surface area contributed by atoms with Crippen LogP contribution in [0.25, 0.3) is 0 Å².